The van der Waals surface area contributed by atoms with E-state index in [9.17, 15) is 4.79 Å². The molecule has 0 aliphatic carbocycles. The first-order valence-corrected chi connectivity index (χ1v) is 9.32. The number of likely N-dealkylation sites (tertiary alicyclic amines) is 1. The van der Waals surface area contributed by atoms with Gasteiger partial charge < -0.3 is 15.5 Å². The average molecular weight is 456 g/mol. The highest BCUT2D eigenvalue weighted by Crippen LogP contribution is 2.19. The number of nitrogens with one attached hydrogen (secondary N) is 2. The minimum atomic E-state index is 0. The molecule has 7 heteroatoms. The summed E-state index contributed by atoms with van der Waals surface area (Å²) in [5.41, 5.74) is 0. The first-order valence-electron chi connectivity index (χ1n) is 8.10. The molecule has 1 aliphatic rings. The highest BCUT2D eigenvalue weighted by molar-refractivity contribution is 14.0. The molecular formula is C16H33IN4OS. The van der Waals surface area contributed by atoms with Gasteiger partial charge in [-0.1, -0.05) is 13.8 Å². The summed E-state index contributed by atoms with van der Waals surface area (Å²) in [6.45, 7) is 10.9. The molecule has 23 heavy (non-hydrogen) atoms. The van der Waals surface area contributed by atoms with E-state index < -0.39 is 0 Å². The van der Waals surface area contributed by atoms with Crippen LogP contribution in [0.25, 0.3) is 0 Å². The van der Waals surface area contributed by atoms with Crippen LogP contribution >= 0.6 is 35.7 Å². The number of piperidine rings is 1. The van der Waals surface area contributed by atoms with Gasteiger partial charge in [-0.15, -0.1) is 24.0 Å². The van der Waals surface area contributed by atoms with Crippen molar-refractivity contribution in [3.63, 3.8) is 0 Å². The van der Waals surface area contributed by atoms with E-state index in [1.165, 1.54) is 0 Å². The lowest BCUT2D eigenvalue weighted by molar-refractivity contribution is -0.135. The molecule has 0 atom stereocenters. The molecule has 0 saturated carbocycles. The molecular weight excluding hydrogens is 423 g/mol. The van der Waals surface area contributed by atoms with Gasteiger partial charge in [-0.25, -0.2) is 0 Å². The molecule has 0 aromatic heterocycles. The monoisotopic (exact) mass is 456 g/mol. The molecule has 1 aliphatic heterocycles. The number of carbonyl (C=O) groups is 1. The van der Waals surface area contributed by atoms with Gasteiger partial charge in [-0.2, -0.15) is 11.8 Å². The molecule has 0 bridgehead atoms. The predicted octanol–water partition coefficient (Wildman–Crippen LogP) is 2.56. The summed E-state index contributed by atoms with van der Waals surface area (Å²) in [6, 6.07) is 0.389. The maximum atomic E-state index is 12.0. The zero-order valence-corrected chi connectivity index (χ0v) is 18.5. The second-order valence-electron chi connectivity index (χ2n) is 6.79. The Kier molecular flexibility index (Phi) is 10.6. The maximum absolute atomic E-state index is 12.0. The number of aliphatic imine (C=N–C) groups is 1. The lowest BCUT2D eigenvalue weighted by atomic mass is 10.0. The Morgan fingerprint density at radius 2 is 1.91 bits per heavy atom. The fraction of sp³-hybridized carbons (Fsp3) is 0.875. The second-order valence-corrected chi connectivity index (χ2v) is 8.30. The predicted molar refractivity (Wildman–Crippen MR) is 112 cm³/mol. The van der Waals surface area contributed by atoms with Gasteiger partial charge in [0.1, 0.15) is 0 Å². The average Bonchev–Trinajstić information content (AvgIpc) is 2.51. The van der Waals surface area contributed by atoms with Crippen LogP contribution in [0.1, 0.15) is 40.5 Å². The van der Waals surface area contributed by atoms with Gasteiger partial charge in [0.05, 0.1) is 0 Å². The summed E-state index contributed by atoms with van der Waals surface area (Å²) in [7, 11) is 1.80. The van der Waals surface area contributed by atoms with E-state index in [2.05, 4.69) is 35.7 Å². The van der Waals surface area contributed by atoms with Gasteiger partial charge >= 0.3 is 0 Å². The van der Waals surface area contributed by atoms with Crippen molar-refractivity contribution in [3.05, 3.63) is 0 Å². The Hall–Kier alpha value is -0.180. The molecule has 1 fully saturated rings. The van der Waals surface area contributed by atoms with Crippen molar-refractivity contribution in [2.24, 2.45) is 10.9 Å². The number of nitrogens with zero attached hydrogens (tertiary/aromatic N) is 2. The van der Waals surface area contributed by atoms with E-state index in [0.29, 0.717) is 6.04 Å². The lowest BCUT2D eigenvalue weighted by Crippen LogP contribution is -2.51. The molecule has 1 heterocycles. The smallest absolute Gasteiger partial charge is 0.225 e. The molecule has 0 aromatic carbocycles. The van der Waals surface area contributed by atoms with E-state index in [0.717, 1.165) is 38.4 Å². The number of amides is 1. The molecule has 1 saturated heterocycles. The van der Waals surface area contributed by atoms with Crippen LogP contribution in [0.5, 0.6) is 0 Å². The molecule has 1 rings (SSSR count). The lowest BCUT2D eigenvalue weighted by Gasteiger charge is -2.34. The first kappa shape index (κ1) is 22.8. The van der Waals surface area contributed by atoms with Crippen LogP contribution in [-0.4, -0.2) is 60.5 Å². The van der Waals surface area contributed by atoms with Crippen molar-refractivity contribution in [2.45, 2.75) is 51.3 Å². The fourth-order valence-corrected chi connectivity index (χ4v) is 2.58. The van der Waals surface area contributed by atoms with Crippen LogP contribution in [0.2, 0.25) is 0 Å². The third-order valence-electron chi connectivity index (χ3n) is 4.10. The summed E-state index contributed by atoms with van der Waals surface area (Å²) < 4.78 is 0.185. The Morgan fingerprint density at radius 1 is 1.35 bits per heavy atom. The highest BCUT2D eigenvalue weighted by Gasteiger charge is 2.25. The third kappa shape index (κ3) is 7.96. The van der Waals surface area contributed by atoms with E-state index in [1.54, 1.807) is 7.05 Å². The summed E-state index contributed by atoms with van der Waals surface area (Å²) >= 11 is 1.84. The number of hydrogen-bond donors (Lipinski definition) is 2. The molecule has 0 unspecified atom stereocenters. The molecule has 1 amide bonds. The van der Waals surface area contributed by atoms with Crippen molar-refractivity contribution in [2.75, 3.05) is 32.9 Å². The standard InChI is InChI=1S/C16H32N4OS.HI/c1-12(2)14(21)20-9-7-13(8-10-20)19-15(17-5)18-11-16(3,4)22-6;/h12-13H,7-11H2,1-6H3,(H2,17,18,19);1H. The van der Waals surface area contributed by atoms with Crippen molar-refractivity contribution in [1.29, 1.82) is 0 Å². The topological polar surface area (TPSA) is 56.7 Å². The van der Waals surface area contributed by atoms with Gasteiger partial charge in [-0.05, 0) is 32.9 Å². The van der Waals surface area contributed by atoms with Crippen LogP contribution in [0.3, 0.4) is 0 Å². The van der Waals surface area contributed by atoms with Gasteiger partial charge in [0.15, 0.2) is 5.96 Å². The minimum Gasteiger partial charge on any atom is -0.355 e. The SMILES string of the molecule is CN=C(NCC(C)(C)SC)NC1CCN(C(=O)C(C)C)CC1.I. The Labute approximate surface area is 162 Å². The van der Waals surface area contributed by atoms with Crippen molar-refractivity contribution in [3.8, 4) is 0 Å². The van der Waals surface area contributed by atoms with Crippen LogP contribution in [-0.2, 0) is 4.79 Å². The summed E-state index contributed by atoms with van der Waals surface area (Å²) in [5, 5.41) is 6.88. The van der Waals surface area contributed by atoms with E-state index >= 15 is 0 Å². The zero-order chi connectivity index (χ0) is 16.8. The number of hydrogen-bond acceptors (Lipinski definition) is 3. The molecule has 2 N–H and O–H groups in total. The van der Waals surface area contributed by atoms with E-state index in [1.807, 2.05) is 30.5 Å². The number of carbonyl (C=O) groups excluding carboxylic acids is 1. The third-order valence-corrected chi connectivity index (χ3v) is 5.35. The normalized spacial score (nSPS) is 17.0. The second kappa shape index (κ2) is 10.6. The van der Waals surface area contributed by atoms with Crippen molar-refractivity contribution < 1.29 is 4.79 Å². The first-order chi connectivity index (χ1) is 10.3. The summed E-state index contributed by atoms with van der Waals surface area (Å²) in [4.78, 5) is 18.3. The van der Waals surface area contributed by atoms with Gasteiger partial charge in [-0.3, -0.25) is 9.79 Å². The Morgan fingerprint density at radius 3 is 2.35 bits per heavy atom. The van der Waals surface area contributed by atoms with Gasteiger partial charge in [0.2, 0.25) is 5.91 Å². The number of thioether (sulfide) groups is 1. The molecule has 136 valence electrons. The zero-order valence-electron chi connectivity index (χ0n) is 15.3. The molecule has 5 nitrogen and oxygen atoms in total. The van der Waals surface area contributed by atoms with Crippen molar-refractivity contribution >= 4 is 47.6 Å². The quantitative estimate of drug-likeness (QED) is 0.380. The largest absolute Gasteiger partial charge is 0.355 e. The molecule has 0 spiro atoms. The number of rotatable bonds is 5. The van der Waals surface area contributed by atoms with Gasteiger partial charge in [0, 0.05) is 43.4 Å². The molecule has 0 radical (unpaired) electrons. The summed E-state index contributed by atoms with van der Waals surface area (Å²) in [6.07, 6.45) is 4.08. The highest BCUT2D eigenvalue weighted by atomic mass is 127. The minimum absolute atomic E-state index is 0. The fourth-order valence-electron chi connectivity index (χ4n) is 2.37. The number of halogens is 1. The summed E-state index contributed by atoms with van der Waals surface area (Å²) in [5.74, 6) is 1.21. The Bertz CT molecular complexity index is 394. The van der Waals surface area contributed by atoms with Crippen LogP contribution in [0.15, 0.2) is 4.99 Å². The van der Waals surface area contributed by atoms with Crippen LogP contribution < -0.4 is 10.6 Å². The molecule has 0 aromatic rings. The maximum Gasteiger partial charge on any atom is 0.225 e. The van der Waals surface area contributed by atoms with E-state index in [4.69, 9.17) is 0 Å². The Balaban J connectivity index is 0.00000484. The van der Waals surface area contributed by atoms with E-state index in [-0.39, 0.29) is 40.5 Å². The van der Waals surface area contributed by atoms with Crippen LogP contribution in [0, 0.1) is 5.92 Å². The van der Waals surface area contributed by atoms with Gasteiger partial charge in [0.25, 0.3) is 0 Å². The van der Waals surface area contributed by atoms with Crippen LogP contribution in [0.4, 0.5) is 0 Å². The van der Waals surface area contributed by atoms with Crippen molar-refractivity contribution in [1.82, 2.24) is 15.5 Å². The number of guanidine groups is 1.